The molecule has 128 valence electrons. The molecule has 0 aliphatic heterocycles. The number of furan rings is 1. The van der Waals surface area contributed by atoms with E-state index in [0.29, 0.717) is 11.1 Å². The summed E-state index contributed by atoms with van der Waals surface area (Å²) in [5, 5.41) is 11.9. The molecule has 0 aliphatic rings. The number of hydrogen-bond donors (Lipinski definition) is 1. The summed E-state index contributed by atoms with van der Waals surface area (Å²) in [6, 6.07) is 12.4. The Morgan fingerprint density at radius 1 is 1.04 bits per heavy atom. The van der Waals surface area contributed by atoms with Crippen LogP contribution in [0.15, 0.2) is 65.4 Å². The van der Waals surface area contributed by atoms with Gasteiger partial charge < -0.3 is 10.2 Å². The number of aromatic nitrogens is 1. The van der Waals surface area contributed by atoms with Gasteiger partial charge in [-0.15, -0.1) is 0 Å². The maximum Gasteiger partial charge on any atom is 0.270 e. The fourth-order valence-electron chi connectivity index (χ4n) is 2.84. The second-order valence-corrected chi connectivity index (χ2v) is 5.75. The topological polar surface area (TPSA) is 95.2 Å². The minimum Gasteiger partial charge on any atom is -0.464 e. The second-order valence-electron chi connectivity index (χ2n) is 5.75. The molecule has 0 aliphatic carbocycles. The molecule has 0 amide bonds. The van der Waals surface area contributed by atoms with E-state index in [2.05, 4.69) is 4.98 Å². The number of halogens is 1. The number of anilines is 1. The molecule has 0 bridgehead atoms. The van der Waals surface area contributed by atoms with Gasteiger partial charge in [-0.05, 0) is 35.9 Å². The van der Waals surface area contributed by atoms with Crippen LogP contribution in [0.3, 0.4) is 0 Å². The lowest BCUT2D eigenvalue weighted by Gasteiger charge is -2.09. The van der Waals surface area contributed by atoms with E-state index in [0.717, 1.165) is 28.7 Å². The molecule has 4 rings (SSSR count). The summed E-state index contributed by atoms with van der Waals surface area (Å²) >= 11 is 0. The number of rotatable bonds is 3. The zero-order chi connectivity index (χ0) is 18.3. The molecule has 0 radical (unpaired) electrons. The van der Waals surface area contributed by atoms with E-state index in [4.69, 9.17) is 10.2 Å². The third kappa shape index (κ3) is 2.65. The van der Waals surface area contributed by atoms with Crippen molar-refractivity contribution in [3.63, 3.8) is 0 Å². The number of nitrogen functional groups attached to an aromatic ring is 1. The smallest absolute Gasteiger partial charge is 0.270 e. The van der Waals surface area contributed by atoms with Crippen LogP contribution in [0.2, 0.25) is 0 Å². The predicted octanol–water partition coefficient (Wildman–Crippen LogP) is 4.79. The number of nitro groups is 1. The fourth-order valence-corrected chi connectivity index (χ4v) is 2.84. The first-order valence-electron chi connectivity index (χ1n) is 7.70. The van der Waals surface area contributed by atoms with Crippen LogP contribution in [0.5, 0.6) is 0 Å². The van der Waals surface area contributed by atoms with Crippen LogP contribution in [-0.2, 0) is 0 Å². The molecule has 6 nitrogen and oxygen atoms in total. The molecule has 2 aromatic carbocycles. The van der Waals surface area contributed by atoms with E-state index in [1.807, 2.05) is 24.3 Å². The Kier molecular flexibility index (Phi) is 3.62. The van der Waals surface area contributed by atoms with Gasteiger partial charge in [-0.3, -0.25) is 10.1 Å². The lowest BCUT2D eigenvalue weighted by atomic mass is 9.99. The monoisotopic (exact) mass is 349 g/mol. The van der Waals surface area contributed by atoms with E-state index >= 15 is 0 Å². The summed E-state index contributed by atoms with van der Waals surface area (Å²) in [5.74, 6) is -0.291. The predicted molar refractivity (Wildman–Crippen MR) is 95.9 cm³/mol. The van der Waals surface area contributed by atoms with Gasteiger partial charge >= 0.3 is 0 Å². The van der Waals surface area contributed by atoms with Crippen LogP contribution >= 0.6 is 0 Å². The highest BCUT2D eigenvalue weighted by atomic mass is 19.1. The fraction of sp³-hybridized carbons (Fsp3) is 0. The van der Waals surface area contributed by atoms with Crippen molar-refractivity contribution >= 4 is 22.5 Å². The summed E-state index contributed by atoms with van der Waals surface area (Å²) in [6.07, 6.45) is 2.99. The molecule has 4 aromatic rings. The highest BCUT2D eigenvalue weighted by Gasteiger charge is 2.15. The summed E-state index contributed by atoms with van der Waals surface area (Å²) in [6.45, 7) is 0. The molecule has 7 heteroatoms. The van der Waals surface area contributed by atoms with Crippen molar-refractivity contribution in [2.45, 2.75) is 0 Å². The van der Waals surface area contributed by atoms with Crippen molar-refractivity contribution in [3.05, 3.63) is 76.9 Å². The molecular weight excluding hydrogens is 337 g/mol. The number of nitrogens with two attached hydrogens (primary N) is 1. The maximum atomic E-state index is 14.2. The lowest BCUT2D eigenvalue weighted by molar-refractivity contribution is -0.384. The Bertz CT molecular complexity index is 1150. The molecule has 0 fully saturated rings. The zero-order valence-electron chi connectivity index (χ0n) is 13.3. The van der Waals surface area contributed by atoms with Crippen molar-refractivity contribution < 1.29 is 13.7 Å². The number of pyridine rings is 1. The van der Waals surface area contributed by atoms with Crippen LogP contribution in [0.1, 0.15) is 0 Å². The van der Waals surface area contributed by atoms with Crippen LogP contribution in [0.25, 0.3) is 33.2 Å². The van der Waals surface area contributed by atoms with Crippen molar-refractivity contribution in [2.24, 2.45) is 0 Å². The van der Waals surface area contributed by atoms with Crippen LogP contribution < -0.4 is 5.73 Å². The molecule has 0 unspecified atom stereocenters. The number of nitro benzene ring substituents is 1. The number of fused-ring (bicyclic) bond motifs is 1. The Morgan fingerprint density at radius 3 is 2.69 bits per heavy atom. The van der Waals surface area contributed by atoms with E-state index in [-0.39, 0.29) is 17.1 Å². The summed E-state index contributed by atoms with van der Waals surface area (Å²) in [7, 11) is 0. The Morgan fingerprint density at radius 2 is 1.88 bits per heavy atom. The number of nitrogens with zero attached hydrogens (tertiary/aromatic N) is 2. The van der Waals surface area contributed by atoms with Gasteiger partial charge in [-0.25, -0.2) is 9.37 Å². The molecule has 2 aromatic heterocycles. The third-order valence-corrected chi connectivity index (χ3v) is 4.15. The van der Waals surface area contributed by atoms with Gasteiger partial charge in [0.1, 0.15) is 17.2 Å². The molecule has 26 heavy (non-hydrogen) atoms. The summed E-state index contributed by atoms with van der Waals surface area (Å²) < 4.78 is 19.5. The average molecular weight is 349 g/mol. The molecule has 2 heterocycles. The van der Waals surface area contributed by atoms with E-state index < -0.39 is 10.7 Å². The van der Waals surface area contributed by atoms with E-state index in [1.54, 1.807) is 12.3 Å². The summed E-state index contributed by atoms with van der Waals surface area (Å²) in [5.41, 5.74) is 8.44. The van der Waals surface area contributed by atoms with Crippen molar-refractivity contribution in [3.8, 4) is 22.3 Å². The molecule has 0 saturated carbocycles. The van der Waals surface area contributed by atoms with Gasteiger partial charge in [-0.2, -0.15) is 0 Å². The molecular formula is C19H12FN3O3. The van der Waals surface area contributed by atoms with Gasteiger partial charge in [0.15, 0.2) is 0 Å². The first-order chi connectivity index (χ1) is 12.5. The van der Waals surface area contributed by atoms with Gasteiger partial charge in [0, 0.05) is 40.4 Å². The van der Waals surface area contributed by atoms with Crippen molar-refractivity contribution in [2.75, 3.05) is 5.73 Å². The zero-order valence-corrected chi connectivity index (χ0v) is 13.3. The second kappa shape index (κ2) is 5.96. The average Bonchev–Trinajstić information content (AvgIpc) is 3.10. The minimum absolute atomic E-state index is 0.0948. The van der Waals surface area contributed by atoms with Crippen molar-refractivity contribution in [1.29, 1.82) is 0 Å². The van der Waals surface area contributed by atoms with Crippen molar-refractivity contribution in [1.82, 2.24) is 4.98 Å². The normalized spacial score (nSPS) is 11.0. The molecule has 0 atom stereocenters. The van der Waals surface area contributed by atoms with E-state index in [1.165, 1.54) is 12.3 Å². The highest BCUT2D eigenvalue weighted by molar-refractivity contribution is 5.87. The van der Waals surface area contributed by atoms with Gasteiger partial charge in [0.05, 0.1) is 11.2 Å². The van der Waals surface area contributed by atoms with Crippen LogP contribution in [0, 0.1) is 15.9 Å². The Hall–Kier alpha value is -3.74. The Balaban J connectivity index is 1.87. The molecule has 0 spiro atoms. The largest absolute Gasteiger partial charge is 0.464 e. The quantitative estimate of drug-likeness (QED) is 0.424. The number of non-ortho nitro benzene ring substituents is 1. The number of benzene rings is 2. The highest BCUT2D eigenvalue weighted by Crippen LogP contribution is 2.33. The molecule has 2 N–H and O–H groups in total. The maximum absolute atomic E-state index is 14.2. The minimum atomic E-state index is -0.571. The Labute approximate surface area is 146 Å². The van der Waals surface area contributed by atoms with E-state index in [9.17, 15) is 14.5 Å². The van der Waals surface area contributed by atoms with Crippen LogP contribution in [0.4, 0.5) is 15.9 Å². The van der Waals surface area contributed by atoms with Crippen LogP contribution in [-0.4, -0.2) is 9.91 Å². The summed E-state index contributed by atoms with van der Waals surface area (Å²) in [4.78, 5) is 14.5. The SMILES string of the molecule is Nc1ncc(-c2cc([N+](=O)[O-])ccc2F)cc1-c1ccc2occc2c1. The first-order valence-corrected chi connectivity index (χ1v) is 7.70. The first kappa shape index (κ1) is 15.8. The standard InChI is InChI=1S/C19H12FN3O3/c20-17-3-2-14(23(24)25)9-15(17)13-8-16(19(21)22-10-13)11-1-4-18-12(7-11)5-6-26-18/h1-10H,(H2,21,22). The van der Waals surface area contributed by atoms with Gasteiger partial charge in [0.25, 0.3) is 5.69 Å². The van der Waals surface area contributed by atoms with Gasteiger partial charge in [0.2, 0.25) is 0 Å². The molecule has 0 saturated heterocycles. The third-order valence-electron chi connectivity index (χ3n) is 4.15. The number of hydrogen-bond acceptors (Lipinski definition) is 5. The lowest BCUT2D eigenvalue weighted by Crippen LogP contribution is -1.96. The van der Waals surface area contributed by atoms with Gasteiger partial charge in [-0.1, -0.05) is 6.07 Å².